The Kier molecular flexibility index (Phi) is 10.4. The SMILES string of the molecule is C[C@H](NC(=O)CNC(=O)OCc1ccccc1)C(=O)O.Nc1ccccc1B(O)O. The smallest absolute Gasteiger partial charge is 0.480 e. The number of carboxylic acids is 1. The molecule has 0 aliphatic heterocycles. The zero-order chi connectivity index (χ0) is 22.5. The molecule has 0 aromatic heterocycles. The summed E-state index contributed by atoms with van der Waals surface area (Å²) in [5, 5.41) is 30.4. The maximum atomic E-state index is 11.3. The molecule has 0 bridgehead atoms. The van der Waals surface area contributed by atoms with E-state index in [1.807, 2.05) is 18.2 Å². The second-order valence-electron chi connectivity index (χ2n) is 6.05. The number of nitrogens with two attached hydrogens (primary N) is 1. The van der Waals surface area contributed by atoms with E-state index in [9.17, 15) is 14.4 Å². The van der Waals surface area contributed by atoms with Crippen molar-refractivity contribution < 1.29 is 34.3 Å². The van der Waals surface area contributed by atoms with Crippen molar-refractivity contribution in [2.75, 3.05) is 12.3 Å². The van der Waals surface area contributed by atoms with E-state index in [0.717, 1.165) is 5.56 Å². The number of rotatable bonds is 7. The molecule has 2 aromatic carbocycles. The molecule has 0 heterocycles. The predicted octanol–water partition coefficient (Wildman–Crippen LogP) is -0.549. The minimum Gasteiger partial charge on any atom is -0.480 e. The molecular formula is C19H24BN3O7. The van der Waals surface area contributed by atoms with Gasteiger partial charge in [-0.15, -0.1) is 0 Å². The number of hydrogen-bond acceptors (Lipinski definition) is 7. The Morgan fingerprint density at radius 2 is 1.67 bits per heavy atom. The quantitative estimate of drug-likeness (QED) is 0.257. The molecule has 7 N–H and O–H groups in total. The van der Waals surface area contributed by atoms with Crippen LogP contribution in [0.4, 0.5) is 10.5 Å². The van der Waals surface area contributed by atoms with Gasteiger partial charge in [-0.3, -0.25) is 9.59 Å². The van der Waals surface area contributed by atoms with Gasteiger partial charge in [0, 0.05) is 11.2 Å². The van der Waals surface area contributed by atoms with E-state index in [-0.39, 0.29) is 13.2 Å². The molecule has 0 aliphatic carbocycles. The highest BCUT2D eigenvalue weighted by molar-refractivity contribution is 6.60. The number of carboxylic acid groups (broad SMARTS) is 1. The molecule has 0 fully saturated rings. The Morgan fingerprint density at radius 3 is 2.20 bits per heavy atom. The fraction of sp³-hybridized carbons (Fsp3) is 0.211. The van der Waals surface area contributed by atoms with Gasteiger partial charge in [0.1, 0.15) is 19.2 Å². The number of alkyl carbamates (subject to hydrolysis) is 1. The molecule has 2 rings (SSSR count). The van der Waals surface area contributed by atoms with Crippen LogP contribution in [0.1, 0.15) is 12.5 Å². The molecule has 0 saturated carbocycles. The first-order valence-electron chi connectivity index (χ1n) is 8.88. The molecule has 0 unspecified atom stereocenters. The number of carbonyl (C=O) groups excluding carboxylic acids is 2. The Balaban J connectivity index is 0.000000375. The molecule has 1 atom stereocenters. The number of carbonyl (C=O) groups is 3. The zero-order valence-electron chi connectivity index (χ0n) is 16.3. The lowest BCUT2D eigenvalue weighted by Gasteiger charge is -2.10. The van der Waals surface area contributed by atoms with Gasteiger partial charge in [0.25, 0.3) is 0 Å². The summed E-state index contributed by atoms with van der Waals surface area (Å²) in [5.41, 5.74) is 6.98. The number of para-hydroxylation sites is 1. The molecule has 10 nitrogen and oxygen atoms in total. The summed E-state index contributed by atoms with van der Waals surface area (Å²) in [4.78, 5) is 33.1. The maximum Gasteiger partial charge on any atom is 0.490 e. The topological polar surface area (TPSA) is 171 Å². The molecule has 2 amide bonds. The molecular weight excluding hydrogens is 393 g/mol. The van der Waals surface area contributed by atoms with Crippen molar-refractivity contribution in [3.05, 3.63) is 60.2 Å². The van der Waals surface area contributed by atoms with Crippen LogP contribution in [-0.2, 0) is 20.9 Å². The normalized spacial score (nSPS) is 10.6. The molecule has 160 valence electrons. The first-order chi connectivity index (χ1) is 14.2. The highest BCUT2D eigenvalue weighted by Crippen LogP contribution is 2.00. The monoisotopic (exact) mass is 417 g/mol. The molecule has 0 aliphatic rings. The highest BCUT2D eigenvalue weighted by atomic mass is 16.5. The van der Waals surface area contributed by atoms with E-state index in [2.05, 4.69) is 10.6 Å². The third-order valence-corrected chi connectivity index (χ3v) is 3.63. The molecule has 2 aromatic rings. The van der Waals surface area contributed by atoms with E-state index in [1.54, 1.807) is 36.4 Å². The molecule has 11 heteroatoms. The van der Waals surface area contributed by atoms with E-state index in [1.165, 1.54) is 6.92 Å². The van der Waals surface area contributed by atoms with Crippen LogP contribution >= 0.6 is 0 Å². The van der Waals surface area contributed by atoms with Crippen molar-refractivity contribution in [2.24, 2.45) is 0 Å². The van der Waals surface area contributed by atoms with E-state index < -0.39 is 31.1 Å². The fourth-order valence-corrected chi connectivity index (χ4v) is 2.03. The second-order valence-corrected chi connectivity index (χ2v) is 6.05. The van der Waals surface area contributed by atoms with E-state index in [4.69, 9.17) is 25.6 Å². The Bertz CT molecular complexity index is 834. The first-order valence-corrected chi connectivity index (χ1v) is 8.88. The molecule has 0 spiro atoms. The minimum absolute atomic E-state index is 0.0970. The van der Waals surface area contributed by atoms with Crippen LogP contribution in [0.3, 0.4) is 0 Å². The van der Waals surface area contributed by atoms with Gasteiger partial charge in [0.2, 0.25) is 5.91 Å². The Labute approximate surface area is 173 Å². The third kappa shape index (κ3) is 9.58. The van der Waals surface area contributed by atoms with E-state index in [0.29, 0.717) is 11.2 Å². The number of anilines is 1. The van der Waals surface area contributed by atoms with Crippen molar-refractivity contribution in [1.29, 1.82) is 0 Å². The lowest BCUT2D eigenvalue weighted by molar-refractivity contribution is -0.141. The van der Waals surface area contributed by atoms with Gasteiger partial charge in [-0.1, -0.05) is 48.5 Å². The number of nitrogens with one attached hydrogen (secondary N) is 2. The second kappa shape index (κ2) is 12.8. The van der Waals surface area contributed by atoms with Gasteiger partial charge in [0.05, 0.1) is 0 Å². The van der Waals surface area contributed by atoms with Crippen molar-refractivity contribution in [2.45, 2.75) is 19.6 Å². The van der Waals surface area contributed by atoms with Crippen LogP contribution < -0.4 is 21.8 Å². The summed E-state index contributed by atoms with van der Waals surface area (Å²) in [6.07, 6.45) is -0.744. The summed E-state index contributed by atoms with van der Waals surface area (Å²) >= 11 is 0. The third-order valence-electron chi connectivity index (χ3n) is 3.63. The van der Waals surface area contributed by atoms with Gasteiger partial charge in [0.15, 0.2) is 0 Å². The predicted molar refractivity (Wildman–Crippen MR) is 111 cm³/mol. The number of nitrogen functional groups attached to an aromatic ring is 1. The lowest BCUT2D eigenvalue weighted by atomic mass is 9.79. The van der Waals surface area contributed by atoms with Crippen molar-refractivity contribution in [3.8, 4) is 0 Å². The summed E-state index contributed by atoms with van der Waals surface area (Å²) < 4.78 is 4.88. The lowest BCUT2D eigenvalue weighted by Crippen LogP contribution is -2.44. The average molecular weight is 417 g/mol. The van der Waals surface area contributed by atoms with Crippen LogP contribution in [0.25, 0.3) is 0 Å². The van der Waals surface area contributed by atoms with Crippen molar-refractivity contribution in [1.82, 2.24) is 10.6 Å². The summed E-state index contributed by atoms with van der Waals surface area (Å²) in [6, 6.07) is 14.7. The maximum absolute atomic E-state index is 11.3. The Morgan fingerprint density at radius 1 is 1.07 bits per heavy atom. The van der Waals surface area contributed by atoms with Gasteiger partial charge in [-0.05, 0) is 18.6 Å². The molecule has 30 heavy (non-hydrogen) atoms. The van der Waals surface area contributed by atoms with Crippen molar-refractivity contribution >= 4 is 36.2 Å². The summed E-state index contributed by atoms with van der Waals surface area (Å²) in [5.74, 6) is -1.75. The van der Waals surface area contributed by atoms with Crippen LogP contribution in [-0.4, -0.2) is 52.8 Å². The molecule has 0 radical (unpaired) electrons. The zero-order valence-corrected chi connectivity index (χ0v) is 16.3. The van der Waals surface area contributed by atoms with Gasteiger partial charge in [-0.2, -0.15) is 0 Å². The number of benzene rings is 2. The number of ether oxygens (including phenoxy) is 1. The minimum atomic E-state index is -1.47. The average Bonchev–Trinajstić information content (AvgIpc) is 2.72. The first kappa shape index (κ1) is 24.5. The van der Waals surface area contributed by atoms with Crippen LogP contribution in [0.5, 0.6) is 0 Å². The summed E-state index contributed by atoms with van der Waals surface area (Å²) in [7, 11) is -1.47. The number of amides is 2. The molecule has 0 saturated heterocycles. The highest BCUT2D eigenvalue weighted by Gasteiger charge is 2.14. The van der Waals surface area contributed by atoms with Gasteiger partial charge >= 0.3 is 19.2 Å². The van der Waals surface area contributed by atoms with Gasteiger partial charge in [-0.25, -0.2) is 4.79 Å². The summed E-state index contributed by atoms with van der Waals surface area (Å²) in [6.45, 7) is 1.08. The van der Waals surface area contributed by atoms with Gasteiger partial charge < -0.3 is 36.3 Å². The standard InChI is InChI=1S/C13H16N2O5.C6H8BNO2/c1-9(12(17)18)15-11(16)7-14-13(19)20-8-10-5-3-2-4-6-10;8-6-4-2-1-3-5(6)7(9)10/h2-6,9H,7-8H2,1H3,(H,14,19)(H,15,16)(H,17,18);1-4,9-10H,8H2/t9-;/m0./s1. The Hall–Kier alpha value is -3.57. The largest absolute Gasteiger partial charge is 0.490 e. The fourth-order valence-electron chi connectivity index (χ4n) is 2.03. The van der Waals surface area contributed by atoms with Crippen LogP contribution in [0, 0.1) is 0 Å². The van der Waals surface area contributed by atoms with Crippen LogP contribution in [0.15, 0.2) is 54.6 Å². The van der Waals surface area contributed by atoms with Crippen LogP contribution in [0.2, 0.25) is 0 Å². The number of hydrogen-bond donors (Lipinski definition) is 6. The van der Waals surface area contributed by atoms with E-state index >= 15 is 0 Å². The number of aliphatic carboxylic acids is 1. The van der Waals surface area contributed by atoms with Crippen molar-refractivity contribution in [3.63, 3.8) is 0 Å².